The number of carbonyl (C=O) groups is 1. The maximum absolute atomic E-state index is 12.4. The van der Waals surface area contributed by atoms with Crippen LogP contribution in [0.3, 0.4) is 0 Å². The number of benzene rings is 2. The van der Waals surface area contributed by atoms with Gasteiger partial charge in [-0.05, 0) is 50.7 Å². The van der Waals surface area contributed by atoms with Crippen molar-refractivity contribution >= 4 is 11.5 Å². The normalized spacial score (nSPS) is 19.5. The zero-order chi connectivity index (χ0) is 18.4. The summed E-state index contributed by atoms with van der Waals surface area (Å²) in [6.45, 7) is 9.14. The highest BCUT2D eigenvalue weighted by atomic mass is 16.5. The maximum Gasteiger partial charge on any atom is 0.187 e. The standard InChI is InChI=1S/C23H25NO2/c1-17-6-10-22(11-7-17)26-23-12-8-18(9-13-23)15-21(25)16-19-4-3-5-20(14-19)24-2/h3-7,10-11,14,18,23H,8-9,12-13,15-16H2,1H3. The molecule has 2 aromatic rings. The molecule has 0 spiro atoms. The highest BCUT2D eigenvalue weighted by Gasteiger charge is 2.24. The van der Waals surface area contributed by atoms with E-state index in [0.717, 1.165) is 37.0 Å². The lowest BCUT2D eigenvalue weighted by atomic mass is 9.83. The fraction of sp³-hybridized carbons (Fsp3) is 0.391. The summed E-state index contributed by atoms with van der Waals surface area (Å²) in [4.78, 5) is 15.8. The lowest BCUT2D eigenvalue weighted by Gasteiger charge is -2.28. The summed E-state index contributed by atoms with van der Waals surface area (Å²) in [5.41, 5.74) is 2.78. The fourth-order valence-corrected chi connectivity index (χ4v) is 3.62. The van der Waals surface area contributed by atoms with Crippen molar-refractivity contribution in [2.75, 3.05) is 0 Å². The summed E-state index contributed by atoms with van der Waals surface area (Å²) in [5.74, 6) is 1.68. The first-order valence-corrected chi connectivity index (χ1v) is 9.34. The minimum atomic E-state index is 0.263. The Bertz CT molecular complexity index is 781. The summed E-state index contributed by atoms with van der Waals surface area (Å²) in [6.07, 6.45) is 5.45. The lowest BCUT2D eigenvalue weighted by Crippen LogP contribution is -2.25. The van der Waals surface area contributed by atoms with Gasteiger partial charge in [-0.15, -0.1) is 0 Å². The third-order valence-corrected chi connectivity index (χ3v) is 5.07. The second kappa shape index (κ2) is 8.67. The van der Waals surface area contributed by atoms with Crippen LogP contribution in [0, 0.1) is 19.4 Å². The molecule has 2 aromatic carbocycles. The molecule has 1 fully saturated rings. The molecule has 0 heterocycles. The van der Waals surface area contributed by atoms with E-state index in [1.54, 1.807) is 6.07 Å². The van der Waals surface area contributed by atoms with Crippen molar-refractivity contribution in [3.8, 4) is 5.75 Å². The first-order chi connectivity index (χ1) is 12.6. The third kappa shape index (κ3) is 5.20. The molecule has 1 aliphatic carbocycles. The highest BCUT2D eigenvalue weighted by Crippen LogP contribution is 2.30. The van der Waals surface area contributed by atoms with Gasteiger partial charge in [-0.1, -0.05) is 47.5 Å². The van der Waals surface area contributed by atoms with Crippen LogP contribution < -0.4 is 4.74 Å². The van der Waals surface area contributed by atoms with Crippen LogP contribution in [0.2, 0.25) is 0 Å². The quantitative estimate of drug-likeness (QED) is 0.629. The second-order valence-corrected chi connectivity index (χ2v) is 7.27. The summed E-state index contributed by atoms with van der Waals surface area (Å²) in [5, 5.41) is 0. The van der Waals surface area contributed by atoms with Crippen molar-refractivity contribution in [3.05, 3.63) is 71.1 Å². The number of nitrogens with zero attached hydrogens (tertiary/aromatic N) is 1. The smallest absolute Gasteiger partial charge is 0.187 e. The first-order valence-electron chi connectivity index (χ1n) is 9.34. The topological polar surface area (TPSA) is 30.7 Å². The van der Waals surface area contributed by atoms with E-state index < -0.39 is 0 Å². The van der Waals surface area contributed by atoms with E-state index >= 15 is 0 Å². The number of ether oxygens (including phenoxy) is 1. The van der Waals surface area contributed by atoms with Gasteiger partial charge in [-0.2, -0.15) is 0 Å². The summed E-state index contributed by atoms with van der Waals surface area (Å²) in [6, 6.07) is 15.6. The second-order valence-electron chi connectivity index (χ2n) is 7.27. The predicted octanol–water partition coefficient (Wildman–Crippen LogP) is 5.69. The Morgan fingerprint density at radius 2 is 1.85 bits per heavy atom. The minimum absolute atomic E-state index is 0.263. The fourth-order valence-electron chi connectivity index (χ4n) is 3.62. The molecule has 1 aliphatic rings. The number of ketones is 1. The summed E-state index contributed by atoms with van der Waals surface area (Å²) >= 11 is 0. The van der Waals surface area contributed by atoms with Crippen LogP contribution in [-0.4, -0.2) is 11.9 Å². The zero-order valence-corrected chi connectivity index (χ0v) is 15.3. The average molecular weight is 347 g/mol. The Labute approximate surface area is 155 Å². The molecule has 0 amide bonds. The Balaban J connectivity index is 1.44. The Hall–Kier alpha value is -2.60. The van der Waals surface area contributed by atoms with Crippen molar-refractivity contribution < 1.29 is 9.53 Å². The van der Waals surface area contributed by atoms with Crippen LogP contribution in [-0.2, 0) is 11.2 Å². The van der Waals surface area contributed by atoms with Gasteiger partial charge in [0.25, 0.3) is 0 Å². The van der Waals surface area contributed by atoms with E-state index in [4.69, 9.17) is 11.3 Å². The molecule has 1 saturated carbocycles. The average Bonchev–Trinajstić information content (AvgIpc) is 2.65. The van der Waals surface area contributed by atoms with Crippen molar-refractivity contribution in [1.29, 1.82) is 0 Å². The van der Waals surface area contributed by atoms with E-state index in [1.165, 1.54) is 5.56 Å². The van der Waals surface area contributed by atoms with Gasteiger partial charge in [0, 0.05) is 12.8 Å². The molecule has 0 aromatic heterocycles. The number of rotatable bonds is 6. The van der Waals surface area contributed by atoms with Gasteiger partial charge in [0.15, 0.2) is 5.69 Å². The SMILES string of the molecule is [C-]#[N+]c1cccc(CC(=O)CC2CCC(Oc3ccc(C)cc3)CC2)c1. The van der Waals surface area contributed by atoms with Gasteiger partial charge in [0.1, 0.15) is 11.5 Å². The molecule has 3 rings (SSSR count). The molecule has 0 radical (unpaired) electrons. The van der Waals surface area contributed by atoms with Gasteiger partial charge in [0.2, 0.25) is 0 Å². The lowest BCUT2D eigenvalue weighted by molar-refractivity contribution is -0.119. The van der Waals surface area contributed by atoms with Crippen molar-refractivity contribution in [2.45, 2.75) is 51.6 Å². The molecule has 3 heteroatoms. The van der Waals surface area contributed by atoms with Crippen LogP contribution in [0.5, 0.6) is 5.75 Å². The van der Waals surface area contributed by atoms with Gasteiger partial charge in [-0.3, -0.25) is 4.79 Å². The molecule has 0 N–H and O–H groups in total. The molecule has 0 saturated heterocycles. The third-order valence-electron chi connectivity index (χ3n) is 5.07. The molecular weight excluding hydrogens is 322 g/mol. The minimum Gasteiger partial charge on any atom is -0.490 e. The van der Waals surface area contributed by atoms with Crippen LogP contribution in [0.4, 0.5) is 5.69 Å². The Morgan fingerprint density at radius 1 is 1.12 bits per heavy atom. The monoisotopic (exact) mass is 347 g/mol. The molecule has 0 bridgehead atoms. The van der Waals surface area contributed by atoms with Gasteiger partial charge < -0.3 is 4.74 Å². The highest BCUT2D eigenvalue weighted by molar-refractivity contribution is 5.81. The number of carbonyl (C=O) groups excluding carboxylic acids is 1. The van der Waals surface area contributed by atoms with Gasteiger partial charge in [0.05, 0.1) is 12.7 Å². The number of aryl methyl sites for hydroxylation is 1. The first kappa shape index (κ1) is 18.2. The van der Waals surface area contributed by atoms with Gasteiger partial charge in [-0.25, -0.2) is 4.85 Å². The zero-order valence-electron chi connectivity index (χ0n) is 15.3. The van der Waals surface area contributed by atoms with Gasteiger partial charge >= 0.3 is 0 Å². The predicted molar refractivity (Wildman–Crippen MR) is 104 cm³/mol. The van der Waals surface area contributed by atoms with Crippen molar-refractivity contribution in [2.24, 2.45) is 5.92 Å². The molecule has 26 heavy (non-hydrogen) atoms. The summed E-state index contributed by atoms with van der Waals surface area (Å²) < 4.78 is 6.07. The summed E-state index contributed by atoms with van der Waals surface area (Å²) in [7, 11) is 0. The van der Waals surface area contributed by atoms with Crippen LogP contribution in [0.25, 0.3) is 4.85 Å². The largest absolute Gasteiger partial charge is 0.490 e. The van der Waals surface area contributed by atoms with Crippen LogP contribution in [0.1, 0.15) is 43.2 Å². The molecular formula is C23H25NO2. The number of Topliss-reactive ketones (excluding diaryl/α,β-unsaturated/α-hetero) is 1. The Morgan fingerprint density at radius 3 is 2.54 bits per heavy atom. The van der Waals surface area contributed by atoms with E-state index in [-0.39, 0.29) is 11.9 Å². The molecule has 134 valence electrons. The van der Waals surface area contributed by atoms with Crippen molar-refractivity contribution in [1.82, 2.24) is 0 Å². The van der Waals surface area contributed by atoms with Crippen molar-refractivity contribution in [3.63, 3.8) is 0 Å². The van der Waals surface area contributed by atoms with Crippen LogP contribution in [0.15, 0.2) is 48.5 Å². The molecule has 0 aliphatic heterocycles. The maximum atomic E-state index is 12.4. The molecule has 0 atom stereocenters. The molecule has 3 nitrogen and oxygen atoms in total. The van der Waals surface area contributed by atoms with E-state index in [9.17, 15) is 4.79 Å². The van der Waals surface area contributed by atoms with E-state index in [0.29, 0.717) is 24.4 Å². The van der Waals surface area contributed by atoms with E-state index in [1.807, 2.05) is 30.3 Å². The Kier molecular flexibility index (Phi) is 6.07. The van der Waals surface area contributed by atoms with E-state index in [2.05, 4.69) is 23.9 Å². The number of hydrogen-bond donors (Lipinski definition) is 0. The van der Waals surface area contributed by atoms with Crippen LogP contribution >= 0.6 is 0 Å². The number of hydrogen-bond acceptors (Lipinski definition) is 2. The molecule has 0 unspecified atom stereocenters.